The van der Waals surface area contributed by atoms with E-state index >= 15 is 0 Å². The lowest BCUT2D eigenvalue weighted by Crippen LogP contribution is -2.13. The molecular weight excluding hydrogens is 102 g/mol. The third kappa shape index (κ3) is 5.63. The van der Waals surface area contributed by atoms with Crippen LogP contribution in [-0.2, 0) is 4.79 Å². The van der Waals surface area contributed by atoms with Crippen molar-refractivity contribution >= 4 is 6.29 Å². The standard InChI is InChI=1S/C6H13NO/c1-6(7)4-2-3-5-8/h5-6H,2-4,7H2,1H3. The van der Waals surface area contributed by atoms with Gasteiger partial charge in [-0.15, -0.1) is 0 Å². The maximum Gasteiger partial charge on any atom is 0.119 e. The van der Waals surface area contributed by atoms with Crippen molar-refractivity contribution in [1.82, 2.24) is 0 Å². The van der Waals surface area contributed by atoms with E-state index in [1.807, 2.05) is 6.92 Å². The summed E-state index contributed by atoms with van der Waals surface area (Å²) in [4.78, 5) is 9.75. The number of carbonyl (C=O) groups excluding carboxylic acids is 1. The van der Waals surface area contributed by atoms with Crippen molar-refractivity contribution in [3.05, 3.63) is 0 Å². The molecule has 0 saturated carbocycles. The lowest BCUT2D eigenvalue weighted by Gasteiger charge is -1.99. The van der Waals surface area contributed by atoms with Crippen LogP contribution in [-0.4, -0.2) is 12.3 Å². The first kappa shape index (κ1) is 7.63. The fourth-order valence-corrected chi connectivity index (χ4v) is 0.523. The molecule has 0 amide bonds. The summed E-state index contributed by atoms with van der Waals surface area (Å²) in [5, 5.41) is 0. The van der Waals surface area contributed by atoms with Gasteiger partial charge in [0, 0.05) is 12.5 Å². The highest BCUT2D eigenvalue weighted by atomic mass is 16.1. The Morgan fingerprint density at radius 3 is 2.75 bits per heavy atom. The van der Waals surface area contributed by atoms with Gasteiger partial charge in [-0.05, 0) is 19.8 Å². The molecule has 2 N–H and O–H groups in total. The zero-order chi connectivity index (χ0) is 6.41. The summed E-state index contributed by atoms with van der Waals surface area (Å²) < 4.78 is 0. The molecule has 1 unspecified atom stereocenters. The Balaban J connectivity index is 2.81. The molecule has 0 rings (SSSR count). The number of carbonyl (C=O) groups is 1. The van der Waals surface area contributed by atoms with Crippen molar-refractivity contribution in [2.24, 2.45) is 5.73 Å². The molecule has 0 saturated heterocycles. The van der Waals surface area contributed by atoms with Crippen molar-refractivity contribution in [2.45, 2.75) is 32.2 Å². The molecule has 0 aromatic carbocycles. The molecule has 0 radical (unpaired) electrons. The topological polar surface area (TPSA) is 43.1 Å². The molecule has 0 bridgehead atoms. The van der Waals surface area contributed by atoms with Gasteiger partial charge in [-0.25, -0.2) is 0 Å². The summed E-state index contributed by atoms with van der Waals surface area (Å²) in [5.41, 5.74) is 5.42. The van der Waals surface area contributed by atoms with Crippen LogP contribution in [0.1, 0.15) is 26.2 Å². The molecule has 0 fully saturated rings. The van der Waals surface area contributed by atoms with Gasteiger partial charge in [0.2, 0.25) is 0 Å². The Labute approximate surface area is 50.1 Å². The monoisotopic (exact) mass is 115 g/mol. The van der Waals surface area contributed by atoms with Gasteiger partial charge in [0.1, 0.15) is 6.29 Å². The minimum absolute atomic E-state index is 0.245. The Hall–Kier alpha value is -0.370. The molecule has 0 heterocycles. The number of rotatable bonds is 4. The number of hydrogen-bond acceptors (Lipinski definition) is 2. The molecular formula is C6H13NO. The predicted molar refractivity (Wildman–Crippen MR) is 33.6 cm³/mol. The van der Waals surface area contributed by atoms with E-state index in [-0.39, 0.29) is 6.04 Å². The van der Waals surface area contributed by atoms with Crippen molar-refractivity contribution in [3.63, 3.8) is 0 Å². The summed E-state index contributed by atoms with van der Waals surface area (Å²) in [6, 6.07) is 0.245. The summed E-state index contributed by atoms with van der Waals surface area (Å²) in [5.74, 6) is 0. The highest BCUT2D eigenvalue weighted by Gasteiger charge is 1.90. The van der Waals surface area contributed by atoms with Gasteiger partial charge in [0.25, 0.3) is 0 Å². The largest absolute Gasteiger partial charge is 0.328 e. The van der Waals surface area contributed by atoms with Crippen molar-refractivity contribution in [3.8, 4) is 0 Å². The van der Waals surface area contributed by atoms with Crippen LogP contribution >= 0.6 is 0 Å². The van der Waals surface area contributed by atoms with Crippen LogP contribution in [0.15, 0.2) is 0 Å². The molecule has 0 aromatic rings. The first-order chi connectivity index (χ1) is 3.77. The van der Waals surface area contributed by atoms with Gasteiger partial charge in [0.15, 0.2) is 0 Å². The fraction of sp³-hybridized carbons (Fsp3) is 0.833. The SMILES string of the molecule is CC(N)CCCC=O. The van der Waals surface area contributed by atoms with Gasteiger partial charge < -0.3 is 10.5 Å². The lowest BCUT2D eigenvalue weighted by molar-refractivity contribution is -0.107. The highest BCUT2D eigenvalue weighted by Crippen LogP contribution is 1.94. The number of nitrogens with two attached hydrogens (primary N) is 1. The number of hydrogen-bond donors (Lipinski definition) is 1. The predicted octanol–water partition coefficient (Wildman–Crippen LogP) is 0.703. The van der Waals surface area contributed by atoms with E-state index in [0.29, 0.717) is 6.42 Å². The van der Waals surface area contributed by atoms with Crippen LogP contribution in [0.3, 0.4) is 0 Å². The van der Waals surface area contributed by atoms with Gasteiger partial charge in [0.05, 0.1) is 0 Å². The Kier molecular flexibility index (Phi) is 4.56. The second kappa shape index (κ2) is 4.78. The Morgan fingerprint density at radius 1 is 1.75 bits per heavy atom. The fourth-order valence-electron chi connectivity index (χ4n) is 0.523. The van der Waals surface area contributed by atoms with E-state index in [1.54, 1.807) is 0 Å². The van der Waals surface area contributed by atoms with Gasteiger partial charge in [-0.1, -0.05) is 0 Å². The summed E-state index contributed by atoms with van der Waals surface area (Å²) in [6.45, 7) is 1.95. The average Bonchev–Trinajstić information content (AvgIpc) is 1.66. The van der Waals surface area contributed by atoms with Crippen LogP contribution in [0, 0.1) is 0 Å². The molecule has 48 valence electrons. The van der Waals surface area contributed by atoms with Gasteiger partial charge >= 0.3 is 0 Å². The summed E-state index contributed by atoms with van der Waals surface area (Å²) >= 11 is 0. The molecule has 2 nitrogen and oxygen atoms in total. The van der Waals surface area contributed by atoms with Crippen LogP contribution in [0.4, 0.5) is 0 Å². The molecule has 2 heteroatoms. The molecule has 0 aliphatic rings. The molecule has 8 heavy (non-hydrogen) atoms. The summed E-state index contributed by atoms with van der Waals surface area (Å²) in [7, 11) is 0. The van der Waals surface area contributed by atoms with E-state index in [9.17, 15) is 4.79 Å². The molecule has 0 aliphatic carbocycles. The Bertz CT molecular complexity index is 61.5. The number of unbranched alkanes of at least 4 members (excludes halogenated alkanes) is 1. The quantitative estimate of drug-likeness (QED) is 0.433. The third-order valence-corrected chi connectivity index (χ3v) is 0.981. The average molecular weight is 115 g/mol. The minimum Gasteiger partial charge on any atom is -0.328 e. The van der Waals surface area contributed by atoms with E-state index < -0.39 is 0 Å². The lowest BCUT2D eigenvalue weighted by atomic mass is 10.2. The van der Waals surface area contributed by atoms with Crippen LogP contribution in [0.25, 0.3) is 0 Å². The molecule has 0 spiro atoms. The zero-order valence-corrected chi connectivity index (χ0v) is 5.26. The van der Waals surface area contributed by atoms with E-state index in [4.69, 9.17) is 5.73 Å². The van der Waals surface area contributed by atoms with Crippen LogP contribution in [0.2, 0.25) is 0 Å². The first-order valence-corrected chi connectivity index (χ1v) is 2.96. The van der Waals surface area contributed by atoms with Crippen molar-refractivity contribution < 1.29 is 4.79 Å². The van der Waals surface area contributed by atoms with Crippen LogP contribution in [0.5, 0.6) is 0 Å². The maximum atomic E-state index is 9.75. The van der Waals surface area contributed by atoms with Gasteiger partial charge in [-0.3, -0.25) is 0 Å². The summed E-state index contributed by atoms with van der Waals surface area (Å²) in [6.07, 6.45) is 3.48. The van der Waals surface area contributed by atoms with Gasteiger partial charge in [-0.2, -0.15) is 0 Å². The molecule has 0 aromatic heterocycles. The molecule has 1 atom stereocenters. The minimum atomic E-state index is 0.245. The maximum absolute atomic E-state index is 9.75. The van der Waals surface area contributed by atoms with E-state index in [0.717, 1.165) is 19.1 Å². The third-order valence-electron chi connectivity index (χ3n) is 0.981. The second-order valence-corrected chi connectivity index (χ2v) is 2.07. The normalized spacial score (nSPS) is 13.2. The van der Waals surface area contributed by atoms with Crippen LogP contribution < -0.4 is 5.73 Å². The first-order valence-electron chi connectivity index (χ1n) is 2.96. The van der Waals surface area contributed by atoms with Crippen molar-refractivity contribution in [1.29, 1.82) is 0 Å². The number of aldehydes is 1. The van der Waals surface area contributed by atoms with E-state index in [2.05, 4.69) is 0 Å². The smallest absolute Gasteiger partial charge is 0.119 e. The van der Waals surface area contributed by atoms with Crippen molar-refractivity contribution in [2.75, 3.05) is 0 Å². The molecule has 0 aliphatic heterocycles. The highest BCUT2D eigenvalue weighted by molar-refractivity contribution is 5.48. The Morgan fingerprint density at radius 2 is 2.38 bits per heavy atom. The second-order valence-electron chi connectivity index (χ2n) is 2.07. The zero-order valence-electron chi connectivity index (χ0n) is 5.26. The van der Waals surface area contributed by atoms with E-state index in [1.165, 1.54) is 0 Å².